The maximum Gasteiger partial charge on any atom is 0.325 e. The van der Waals surface area contributed by atoms with Gasteiger partial charge in [-0.25, -0.2) is 9.78 Å². The van der Waals surface area contributed by atoms with Crippen molar-refractivity contribution in [1.82, 2.24) is 24.7 Å². The van der Waals surface area contributed by atoms with E-state index < -0.39 is 18.0 Å². The average molecular weight is 395 g/mol. The molecule has 1 saturated heterocycles. The topological polar surface area (TPSA) is 87.5 Å². The van der Waals surface area contributed by atoms with Crippen LogP contribution in [0.15, 0.2) is 42.9 Å². The van der Waals surface area contributed by atoms with Crippen LogP contribution in [-0.4, -0.2) is 49.8 Å². The molecule has 4 rings (SSSR count). The molecule has 2 heterocycles. The fourth-order valence-electron chi connectivity index (χ4n) is 3.75. The summed E-state index contributed by atoms with van der Waals surface area (Å²) in [5.74, 6) is -0.189. The number of amides is 4. The number of aromatic nitrogens is 2. The monoisotopic (exact) mass is 395 g/mol. The van der Waals surface area contributed by atoms with E-state index in [0.717, 1.165) is 23.3 Å². The second-order valence-electron chi connectivity index (χ2n) is 7.86. The van der Waals surface area contributed by atoms with Gasteiger partial charge in [-0.1, -0.05) is 30.3 Å². The van der Waals surface area contributed by atoms with E-state index in [9.17, 15) is 14.4 Å². The summed E-state index contributed by atoms with van der Waals surface area (Å²) in [6.45, 7) is 2.24. The molecular formula is C21H25N5O3. The molecule has 2 unspecified atom stereocenters. The number of imidazole rings is 1. The minimum Gasteiger partial charge on any atom is -0.340 e. The number of hydrogen-bond donors (Lipinski definition) is 1. The Bertz CT molecular complexity index is 921. The van der Waals surface area contributed by atoms with Crippen LogP contribution in [-0.2, 0) is 23.2 Å². The molecule has 1 aromatic heterocycles. The molecule has 8 nitrogen and oxygen atoms in total. The van der Waals surface area contributed by atoms with Crippen LogP contribution in [0.4, 0.5) is 4.79 Å². The Labute approximate surface area is 169 Å². The van der Waals surface area contributed by atoms with Crippen molar-refractivity contribution in [3.05, 3.63) is 54.1 Å². The van der Waals surface area contributed by atoms with Gasteiger partial charge in [-0.3, -0.25) is 14.5 Å². The van der Waals surface area contributed by atoms with Crippen LogP contribution in [0.1, 0.15) is 37.1 Å². The number of rotatable bonds is 7. The van der Waals surface area contributed by atoms with Crippen molar-refractivity contribution in [3.63, 3.8) is 0 Å². The lowest BCUT2D eigenvalue weighted by Gasteiger charge is -2.30. The Kier molecular flexibility index (Phi) is 5.08. The van der Waals surface area contributed by atoms with Gasteiger partial charge in [0.1, 0.15) is 6.54 Å². The van der Waals surface area contributed by atoms with E-state index in [1.165, 1.54) is 0 Å². The molecule has 1 aliphatic heterocycles. The van der Waals surface area contributed by atoms with Crippen LogP contribution in [0.3, 0.4) is 0 Å². The molecule has 152 valence electrons. The normalized spacial score (nSPS) is 19.9. The molecule has 1 N–H and O–H groups in total. The second kappa shape index (κ2) is 7.69. The second-order valence-corrected chi connectivity index (χ2v) is 7.86. The number of carbonyl (C=O) groups excluding carboxylic acids is 3. The number of imide groups is 1. The molecule has 0 bridgehead atoms. The fourth-order valence-corrected chi connectivity index (χ4v) is 3.75. The minimum atomic E-state index is -0.847. The quantitative estimate of drug-likeness (QED) is 0.725. The van der Waals surface area contributed by atoms with Gasteiger partial charge in [0.25, 0.3) is 5.91 Å². The molecule has 0 spiro atoms. The third-order valence-electron chi connectivity index (χ3n) is 5.65. The molecule has 1 saturated carbocycles. The molecule has 8 heteroatoms. The first-order valence-electron chi connectivity index (χ1n) is 9.87. The number of nitrogens with zero attached hydrogens (tertiary/aromatic N) is 4. The number of aryl methyl sites for hydroxylation is 1. The van der Waals surface area contributed by atoms with E-state index in [0.29, 0.717) is 18.2 Å². The number of urea groups is 1. The van der Waals surface area contributed by atoms with Gasteiger partial charge in [-0.15, -0.1) is 0 Å². The van der Waals surface area contributed by atoms with Crippen molar-refractivity contribution in [2.24, 2.45) is 13.0 Å². The van der Waals surface area contributed by atoms with Gasteiger partial charge in [-0.2, -0.15) is 0 Å². The predicted molar refractivity (Wildman–Crippen MR) is 105 cm³/mol. The van der Waals surface area contributed by atoms with Crippen molar-refractivity contribution in [3.8, 4) is 0 Å². The molecule has 1 aromatic carbocycles. The number of carbonyl (C=O) groups is 3. The van der Waals surface area contributed by atoms with Gasteiger partial charge >= 0.3 is 6.03 Å². The highest BCUT2D eigenvalue weighted by atomic mass is 16.2. The summed E-state index contributed by atoms with van der Waals surface area (Å²) < 4.78 is 1.71. The molecule has 2 atom stereocenters. The fraction of sp³-hybridized carbons (Fsp3) is 0.429. The lowest BCUT2D eigenvalue weighted by Crippen LogP contribution is -2.46. The highest BCUT2D eigenvalue weighted by Crippen LogP contribution is 2.36. The van der Waals surface area contributed by atoms with Crippen LogP contribution in [0, 0.1) is 5.92 Å². The van der Waals surface area contributed by atoms with Crippen molar-refractivity contribution >= 4 is 17.8 Å². The van der Waals surface area contributed by atoms with Gasteiger partial charge in [0.05, 0.1) is 12.0 Å². The third kappa shape index (κ3) is 4.01. The Morgan fingerprint density at radius 1 is 1.28 bits per heavy atom. The third-order valence-corrected chi connectivity index (χ3v) is 5.65. The Balaban J connectivity index is 1.49. The minimum absolute atomic E-state index is 0.0649. The molecule has 4 amide bonds. The number of nitrogens with one attached hydrogen (secondary N) is 1. The average Bonchev–Trinajstić information content (AvgIpc) is 3.42. The first-order chi connectivity index (χ1) is 13.9. The zero-order valence-electron chi connectivity index (χ0n) is 16.6. The van der Waals surface area contributed by atoms with Gasteiger partial charge in [0.2, 0.25) is 5.91 Å². The van der Waals surface area contributed by atoms with Gasteiger partial charge in [0, 0.05) is 25.8 Å². The van der Waals surface area contributed by atoms with Gasteiger partial charge in [-0.05, 0) is 31.2 Å². The Morgan fingerprint density at radius 3 is 2.62 bits per heavy atom. The smallest absolute Gasteiger partial charge is 0.325 e. The first kappa shape index (κ1) is 19.2. The van der Waals surface area contributed by atoms with E-state index in [1.54, 1.807) is 29.0 Å². The van der Waals surface area contributed by atoms with E-state index in [4.69, 9.17) is 0 Å². The predicted octanol–water partition coefficient (Wildman–Crippen LogP) is 1.84. The van der Waals surface area contributed by atoms with Crippen LogP contribution in [0.5, 0.6) is 0 Å². The van der Waals surface area contributed by atoms with E-state index in [-0.39, 0.29) is 18.5 Å². The van der Waals surface area contributed by atoms with Crippen molar-refractivity contribution in [2.45, 2.75) is 38.4 Å². The van der Waals surface area contributed by atoms with Gasteiger partial charge < -0.3 is 14.8 Å². The summed E-state index contributed by atoms with van der Waals surface area (Å²) in [6.07, 6.45) is 5.46. The SMILES string of the molecule is CC(C1CC1)N(Cc1ccccc1)C(=O)CN1C(=O)NC(c2cn(C)cn2)C1=O. The number of benzene rings is 1. The summed E-state index contributed by atoms with van der Waals surface area (Å²) in [5, 5.41) is 2.63. The van der Waals surface area contributed by atoms with Crippen LogP contribution < -0.4 is 5.32 Å². The Morgan fingerprint density at radius 2 is 2.00 bits per heavy atom. The van der Waals surface area contributed by atoms with Crippen LogP contribution >= 0.6 is 0 Å². The maximum absolute atomic E-state index is 13.1. The summed E-state index contributed by atoms with van der Waals surface area (Å²) in [5.41, 5.74) is 1.49. The summed E-state index contributed by atoms with van der Waals surface area (Å²) in [6, 6.07) is 8.43. The standard InChI is InChI=1S/C21H25N5O3/c1-14(16-8-9-16)25(10-15-6-4-3-5-7-15)18(27)12-26-20(28)19(23-21(26)29)17-11-24(2)13-22-17/h3-7,11,13-14,16,19H,8-10,12H2,1-2H3,(H,23,29). The van der Waals surface area contributed by atoms with Crippen LogP contribution in [0.2, 0.25) is 0 Å². The lowest BCUT2D eigenvalue weighted by molar-refractivity contribution is -0.139. The first-order valence-corrected chi connectivity index (χ1v) is 9.87. The molecule has 2 fully saturated rings. The van der Waals surface area contributed by atoms with E-state index in [2.05, 4.69) is 10.3 Å². The summed E-state index contributed by atoms with van der Waals surface area (Å²) in [7, 11) is 1.79. The van der Waals surface area contributed by atoms with Crippen molar-refractivity contribution in [2.75, 3.05) is 6.54 Å². The zero-order chi connectivity index (χ0) is 20.5. The van der Waals surface area contributed by atoms with E-state index in [1.807, 2.05) is 37.3 Å². The van der Waals surface area contributed by atoms with Crippen LogP contribution in [0.25, 0.3) is 0 Å². The molecule has 0 radical (unpaired) electrons. The van der Waals surface area contributed by atoms with E-state index >= 15 is 0 Å². The molecule has 1 aliphatic carbocycles. The lowest BCUT2D eigenvalue weighted by atomic mass is 10.1. The van der Waals surface area contributed by atoms with Crippen molar-refractivity contribution < 1.29 is 14.4 Å². The van der Waals surface area contributed by atoms with Gasteiger partial charge in [0.15, 0.2) is 6.04 Å². The molecular weight excluding hydrogens is 370 g/mol. The summed E-state index contributed by atoms with van der Waals surface area (Å²) >= 11 is 0. The summed E-state index contributed by atoms with van der Waals surface area (Å²) in [4.78, 5) is 45.3. The highest BCUT2D eigenvalue weighted by Gasteiger charge is 2.42. The highest BCUT2D eigenvalue weighted by molar-refractivity contribution is 6.06. The maximum atomic E-state index is 13.1. The molecule has 29 heavy (non-hydrogen) atoms. The molecule has 2 aromatic rings. The largest absolute Gasteiger partial charge is 0.340 e. The molecule has 2 aliphatic rings. The Hall–Kier alpha value is -3.16. The zero-order valence-corrected chi connectivity index (χ0v) is 16.6. The number of hydrogen-bond acceptors (Lipinski definition) is 4. The van der Waals surface area contributed by atoms with Crippen molar-refractivity contribution in [1.29, 1.82) is 0 Å².